The molecule has 1 N–H and O–H groups in total. The Morgan fingerprint density at radius 2 is 2.11 bits per heavy atom. The minimum absolute atomic E-state index is 0.220. The molecular formula is C21H22N6O. The highest BCUT2D eigenvalue weighted by Crippen LogP contribution is 2.42. The van der Waals surface area contributed by atoms with Crippen LogP contribution in [-0.2, 0) is 4.74 Å². The molecule has 1 aliphatic heterocycles. The summed E-state index contributed by atoms with van der Waals surface area (Å²) in [7, 11) is 0. The minimum atomic E-state index is 0.220. The predicted molar refractivity (Wildman–Crippen MR) is 108 cm³/mol. The number of H-pyrrole nitrogens is 1. The fourth-order valence-electron chi connectivity index (χ4n) is 4.13. The number of hydrogen-bond donors (Lipinski definition) is 1. The Hall–Kier alpha value is -2.93. The molecule has 0 amide bonds. The molecule has 0 spiro atoms. The van der Waals surface area contributed by atoms with E-state index in [0.717, 1.165) is 47.9 Å². The van der Waals surface area contributed by atoms with Gasteiger partial charge in [0.25, 0.3) is 0 Å². The highest BCUT2D eigenvalue weighted by atomic mass is 16.5. The van der Waals surface area contributed by atoms with E-state index in [1.807, 2.05) is 16.8 Å². The van der Waals surface area contributed by atoms with Crippen LogP contribution in [0.1, 0.15) is 31.4 Å². The van der Waals surface area contributed by atoms with Crippen LogP contribution in [0.4, 0.5) is 5.82 Å². The first-order valence-electron chi connectivity index (χ1n) is 9.96. The van der Waals surface area contributed by atoms with Crippen LogP contribution in [0.5, 0.6) is 0 Å². The maximum atomic E-state index is 5.67. The molecule has 1 atom stereocenters. The molecule has 4 heterocycles. The lowest BCUT2D eigenvalue weighted by molar-refractivity contribution is 0.0529. The number of nitrogens with zero attached hydrogens (tertiary/aromatic N) is 5. The van der Waals surface area contributed by atoms with Crippen LogP contribution >= 0.6 is 0 Å². The molecule has 7 heteroatoms. The summed E-state index contributed by atoms with van der Waals surface area (Å²) in [5, 5.41) is 13.8. The lowest BCUT2D eigenvalue weighted by Gasteiger charge is -2.31. The number of rotatable bonds is 3. The molecule has 0 bridgehead atoms. The number of aromatic nitrogens is 5. The maximum absolute atomic E-state index is 5.67. The summed E-state index contributed by atoms with van der Waals surface area (Å²) in [6.07, 6.45) is 4.63. The number of fused-ring (bicyclic) bond motifs is 2. The van der Waals surface area contributed by atoms with E-state index in [1.54, 1.807) is 0 Å². The molecule has 0 radical (unpaired) electrons. The van der Waals surface area contributed by atoms with Crippen molar-refractivity contribution in [3.63, 3.8) is 0 Å². The third-order valence-corrected chi connectivity index (χ3v) is 5.78. The van der Waals surface area contributed by atoms with Crippen molar-refractivity contribution in [2.75, 3.05) is 24.6 Å². The van der Waals surface area contributed by atoms with E-state index in [4.69, 9.17) is 9.84 Å². The van der Waals surface area contributed by atoms with Gasteiger partial charge in [0.1, 0.15) is 5.82 Å². The van der Waals surface area contributed by atoms with Gasteiger partial charge in [0.15, 0.2) is 5.65 Å². The number of imidazole rings is 1. The van der Waals surface area contributed by atoms with Gasteiger partial charge in [-0.25, -0.2) is 9.50 Å². The third-order valence-electron chi connectivity index (χ3n) is 5.78. The highest BCUT2D eigenvalue weighted by Gasteiger charge is 2.27. The van der Waals surface area contributed by atoms with Gasteiger partial charge in [-0.2, -0.15) is 5.10 Å². The zero-order valence-electron chi connectivity index (χ0n) is 15.8. The Balaban J connectivity index is 1.44. The second-order valence-corrected chi connectivity index (χ2v) is 7.88. The summed E-state index contributed by atoms with van der Waals surface area (Å²) < 4.78 is 7.62. The topological polar surface area (TPSA) is 71.3 Å². The molecule has 7 nitrogen and oxygen atoms in total. The normalized spacial score (nSPS) is 20.3. The number of nitrogens with one attached hydrogen (secondary N) is 1. The molecule has 4 aromatic rings. The third kappa shape index (κ3) is 2.57. The zero-order chi connectivity index (χ0) is 18.7. The first kappa shape index (κ1) is 16.1. The van der Waals surface area contributed by atoms with Gasteiger partial charge in [-0.15, -0.1) is 5.10 Å². The average Bonchev–Trinajstić information content (AvgIpc) is 3.33. The fraction of sp³-hybridized carbons (Fsp3) is 0.381. The Morgan fingerprint density at radius 3 is 2.96 bits per heavy atom. The number of hydrogen-bond acceptors (Lipinski definition) is 5. The molecule has 6 rings (SSSR count). The van der Waals surface area contributed by atoms with Gasteiger partial charge in [-0.3, -0.25) is 5.10 Å². The molecular weight excluding hydrogens is 352 g/mol. The second-order valence-electron chi connectivity index (χ2n) is 7.88. The zero-order valence-corrected chi connectivity index (χ0v) is 15.8. The van der Waals surface area contributed by atoms with Gasteiger partial charge in [0.2, 0.25) is 0 Å². The Bertz CT molecular complexity index is 1170. The number of ether oxygens (including phenoxy) is 1. The Labute approximate surface area is 162 Å². The minimum Gasteiger partial charge on any atom is -0.375 e. The molecule has 28 heavy (non-hydrogen) atoms. The number of benzene rings is 1. The molecule has 3 aromatic heterocycles. The van der Waals surface area contributed by atoms with E-state index in [-0.39, 0.29) is 6.10 Å². The maximum Gasteiger partial charge on any atom is 0.154 e. The van der Waals surface area contributed by atoms with Crippen molar-refractivity contribution in [1.82, 2.24) is 24.8 Å². The molecule has 1 saturated heterocycles. The quantitative estimate of drug-likeness (QED) is 0.595. The van der Waals surface area contributed by atoms with E-state index >= 15 is 0 Å². The van der Waals surface area contributed by atoms with E-state index in [2.05, 4.69) is 51.3 Å². The molecule has 142 valence electrons. The summed E-state index contributed by atoms with van der Waals surface area (Å²) in [6.45, 7) is 4.55. The molecule has 2 fully saturated rings. The van der Waals surface area contributed by atoms with Crippen molar-refractivity contribution in [3.05, 3.63) is 42.2 Å². The first-order chi connectivity index (χ1) is 13.8. The Morgan fingerprint density at radius 1 is 1.18 bits per heavy atom. The molecule has 0 unspecified atom stereocenters. The van der Waals surface area contributed by atoms with Gasteiger partial charge in [0.05, 0.1) is 30.1 Å². The van der Waals surface area contributed by atoms with Crippen molar-refractivity contribution in [2.24, 2.45) is 0 Å². The summed E-state index contributed by atoms with van der Waals surface area (Å²) in [4.78, 5) is 6.85. The molecule has 1 saturated carbocycles. The van der Waals surface area contributed by atoms with Gasteiger partial charge in [-0.1, -0.05) is 6.07 Å². The lowest BCUT2D eigenvalue weighted by atomic mass is 10.1. The van der Waals surface area contributed by atoms with Gasteiger partial charge >= 0.3 is 0 Å². The van der Waals surface area contributed by atoms with Crippen molar-refractivity contribution in [2.45, 2.75) is 31.8 Å². The van der Waals surface area contributed by atoms with E-state index in [9.17, 15) is 0 Å². The van der Waals surface area contributed by atoms with Crippen molar-refractivity contribution in [1.29, 1.82) is 0 Å². The summed E-state index contributed by atoms with van der Waals surface area (Å²) in [5.41, 5.74) is 5.26. The summed E-state index contributed by atoms with van der Waals surface area (Å²) in [6, 6.07) is 10.5. The number of morpholine rings is 1. The van der Waals surface area contributed by atoms with Crippen LogP contribution in [-0.4, -0.2) is 50.6 Å². The van der Waals surface area contributed by atoms with Crippen LogP contribution in [0, 0.1) is 0 Å². The van der Waals surface area contributed by atoms with Crippen LogP contribution in [0.15, 0.2) is 36.5 Å². The van der Waals surface area contributed by atoms with Crippen LogP contribution < -0.4 is 4.90 Å². The first-order valence-corrected chi connectivity index (χ1v) is 9.96. The van der Waals surface area contributed by atoms with Crippen molar-refractivity contribution < 1.29 is 4.74 Å². The summed E-state index contributed by atoms with van der Waals surface area (Å²) >= 11 is 0. The average molecular weight is 374 g/mol. The van der Waals surface area contributed by atoms with E-state index < -0.39 is 0 Å². The number of anilines is 1. The monoisotopic (exact) mass is 374 g/mol. The highest BCUT2D eigenvalue weighted by molar-refractivity contribution is 5.87. The molecule has 1 aromatic carbocycles. The Kier molecular flexibility index (Phi) is 3.46. The SMILES string of the molecule is C[C@@H]1CN(c2ccc3ncc(-c4ccc5n[nH]c(C6CC6)c5c4)n3n2)CCO1. The van der Waals surface area contributed by atoms with Crippen molar-refractivity contribution in [3.8, 4) is 11.3 Å². The number of aromatic amines is 1. The van der Waals surface area contributed by atoms with Gasteiger partial charge < -0.3 is 9.64 Å². The standard InChI is InChI=1S/C21H22N6O/c1-13-12-26(8-9-28-13)20-7-6-19-22-11-18(27(19)25-20)15-4-5-17-16(10-15)21(24-23-17)14-2-3-14/h4-7,10-11,13-14H,2-3,8-9,12H2,1H3,(H,23,24)/t13-/m1/s1. The van der Waals surface area contributed by atoms with Crippen LogP contribution in [0.2, 0.25) is 0 Å². The van der Waals surface area contributed by atoms with Crippen LogP contribution in [0.25, 0.3) is 27.8 Å². The van der Waals surface area contributed by atoms with Gasteiger partial charge in [-0.05, 0) is 44.0 Å². The fourth-order valence-corrected chi connectivity index (χ4v) is 4.13. The largest absolute Gasteiger partial charge is 0.375 e. The summed E-state index contributed by atoms with van der Waals surface area (Å²) in [5.74, 6) is 1.60. The van der Waals surface area contributed by atoms with Crippen molar-refractivity contribution >= 4 is 22.4 Å². The van der Waals surface area contributed by atoms with E-state index in [0.29, 0.717) is 5.92 Å². The van der Waals surface area contributed by atoms with Crippen LogP contribution in [0.3, 0.4) is 0 Å². The van der Waals surface area contributed by atoms with E-state index in [1.165, 1.54) is 23.9 Å². The lowest BCUT2D eigenvalue weighted by Crippen LogP contribution is -2.41. The smallest absolute Gasteiger partial charge is 0.154 e. The predicted octanol–water partition coefficient (Wildman–Crippen LogP) is 3.38. The van der Waals surface area contributed by atoms with Gasteiger partial charge in [0, 0.05) is 35.7 Å². The second kappa shape index (κ2) is 6.04. The molecule has 2 aliphatic rings. The molecule has 1 aliphatic carbocycles.